The van der Waals surface area contributed by atoms with Gasteiger partial charge in [0.25, 0.3) is 0 Å². The van der Waals surface area contributed by atoms with Crippen LogP contribution in [0.2, 0.25) is 0 Å². The highest BCUT2D eigenvalue weighted by atomic mass is 35.5. The molecular weight excluding hydrogens is 435 g/mol. The van der Waals surface area contributed by atoms with Crippen LogP contribution in [0, 0.1) is 0 Å². The molecule has 4 aliphatic carbocycles. The average Bonchev–Trinajstić information content (AvgIpc) is 2.82. The van der Waals surface area contributed by atoms with Crippen LogP contribution in [0.15, 0.2) is 24.3 Å². The first-order valence-corrected chi connectivity index (χ1v) is 11.7. The Morgan fingerprint density at radius 1 is 0.677 bits per heavy atom. The molecule has 0 atom stereocenters. The number of halogens is 2. The molecular formula is C25H28Cl2O4. The van der Waals surface area contributed by atoms with Crippen LogP contribution in [-0.4, -0.2) is 26.2 Å². The molecule has 0 unspecified atom stereocenters. The summed E-state index contributed by atoms with van der Waals surface area (Å²) in [5.41, 5.74) is 7.39. The summed E-state index contributed by atoms with van der Waals surface area (Å²) in [5, 5.41) is 0. The highest BCUT2D eigenvalue weighted by molar-refractivity contribution is 6.17. The Labute approximate surface area is 193 Å². The third kappa shape index (κ3) is 5.42. The van der Waals surface area contributed by atoms with E-state index in [2.05, 4.69) is 12.1 Å². The van der Waals surface area contributed by atoms with E-state index in [0.29, 0.717) is 35.7 Å². The van der Waals surface area contributed by atoms with E-state index in [1.807, 2.05) is 12.1 Å². The summed E-state index contributed by atoms with van der Waals surface area (Å²) in [6.07, 6.45) is 5.60. The van der Waals surface area contributed by atoms with Gasteiger partial charge in [0.15, 0.2) is 0 Å². The van der Waals surface area contributed by atoms with Gasteiger partial charge in [-0.2, -0.15) is 0 Å². The highest BCUT2D eigenvalue weighted by Crippen LogP contribution is 2.27. The summed E-state index contributed by atoms with van der Waals surface area (Å²) < 4.78 is 10.0. The fourth-order valence-corrected chi connectivity index (χ4v) is 4.81. The molecule has 0 saturated carbocycles. The molecule has 0 heterocycles. The van der Waals surface area contributed by atoms with Gasteiger partial charge in [0.05, 0.1) is 25.3 Å². The van der Waals surface area contributed by atoms with Gasteiger partial charge in [-0.1, -0.05) is 12.1 Å². The largest absolute Gasteiger partial charge is 0.465 e. The molecule has 4 bridgehead atoms. The van der Waals surface area contributed by atoms with Crippen LogP contribution < -0.4 is 0 Å². The molecule has 0 aliphatic heterocycles. The average molecular weight is 463 g/mol. The lowest BCUT2D eigenvalue weighted by Gasteiger charge is -2.15. The van der Waals surface area contributed by atoms with Crippen molar-refractivity contribution in [2.75, 3.05) is 14.2 Å². The summed E-state index contributed by atoms with van der Waals surface area (Å²) >= 11 is 12.5. The summed E-state index contributed by atoms with van der Waals surface area (Å²) in [7, 11) is 2.76. The van der Waals surface area contributed by atoms with Crippen molar-refractivity contribution in [3.05, 3.63) is 68.8 Å². The van der Waals surface area contributed by atoms with Crippen molar-refractivity contribution in [1.29, 1.82) is 0 Å². The smallest absolute Gasteiger partial charge is 0.338 e. The second kappa shape index (κ2) is 11.0. The third-order valence-corrected chi connectivity index (χ3v) is 6.56. The first kappa shape index (κ1) is 23.6. The second-order valence-corrected chi connectivity index (χ2v) is 8.40. The van der Waals surface area contributed by atoms with Crippen LogP contribution in [-0.2, 0) is 46.9 Å². The molecule has 0 amide bonds. The molecule has 2 aromatic rings. The number of hydrogen-bond acceptors (Lipinski definition) is 4. The molecule has 0 spiro atoms. The lowest BCUT2D eigenvalue weighted by atomic mass is 9.92. The maximum Gasteiger partial charge on any atom is 0.338 e. The van der Waals surface area contributed by atoms with E-state index < -0.39 is 0 Å². The van der Waals surface area contributed by atoms with E-state index in [4.69, 9.17) is 32.7 Å². The van der Waals surface area contributed by atoms with Gasteiger partial charge < -0.3 is 9.47 Å². The van der Waals surface area contributed by atoms with Crippen LogP contribution in [0.4, 0.5) is 0 Å². The fourth-order valence-electron chi connectivity index (χ4n) is 4.31. The molecule has 0 radical (unpaired) electrons. The van der Waals surface area contributed by atoms with Crippen LogP contribution in [0.25, 0.3) is 0 Å². The fraction of sp³-hybridized carbons (Fsp3) is 0.440. The quantitative estimate of drug-likeness (QED) is 0.425. The molecule has 6 heteroatoms. The van der Waals surface area contributed by atoms with Crippen LogP contribution >= 0.6 is 23.2 Å². The summed E-state index contributed by atoms with van der Waals surface area (Å²) in [6.45, 7) is 0. The zero-order valence-electron chi connectivity index (χ0n) is 18.1. The van der Waals surface area contributed by atoms with Gasteiger partial charge in [-0.15, -0.1) is 23.2 Å². The van der Waals surface area contributed by atoms with Crippen molar-refractivity contribution in [1.82, 2.24) is 0 Å². The van der Waals surface area contributed by atoms with Gasteiger partial charge in [0.1, 0.15) is 0 Å². The molecule has 31 heavy (non-hydrogen) atoms. The number of ether oxygens (including phenoxy) is 2. The van der Waals surface area contributed by atoms with Crippen molar-refractivity contribution in [3.8, 4) is 0 Å². The Balaban J connectivity index is 2.06. The van der Waals surface area contributed by atoms with Crippen LogP contribution in [0.3, 0.4) is 0 Å². The topological polar surface area (TPSA) is 52.6 Å². The number of methoxy groups -OCH3 is 2. The van der Waals surface area contributed by atoms with E-state index in [-0.39, 0.29) is 11.9 Å². The van der Waals surface area contributed by atoms with Crippen molar-refractivity contribution in [3.63, 3.8) is 0 Å². The van der Waals surface area contributed by atoms with Gasteiger partial charge in [0, 0.05) is 11.8 Å². The Hall–Kier alpha value is -2.04. The maximum absolute atomic E-state index is 12.5. The van der Waals surface area contributed by atoms with Gasteiger partial charge in [-0.05, 0) is 90.5 Å². The number of alkyl halides is 2. The molecule has 0 saturated heterocycles. The van der Waals surface area contributed by atoms with E-state index in [1.54, 1.807) is 0 Å². The van der Waals surface area contributed by atoms with Crippen molar-refractivity contribution < 1.29 is 19.1 Å². The number of rotatable bonds is 4. The number of benzene rings is 2. The Bertz CT molecular complexity index is 968. The number of carbonyl (C=O) groups excluding carboxylic acids is 2. The monoisotopic (exact) mass is 462 g/mol. The summed E-state index contributed by atoms with van der Waals surface area (Å²) in [4.78, 5) is 24.9. The Morgan fingerprint density at radius 2 is 1.06 bits per heavy atom. The molecule has 4 nitrogen and oxygen atoms in total. The predicted octanol–water partition coefficient (Wildman–Crippen LogP) is 5.79. The van der Waals surface area contributed by atoms with Crippen molar-refractivity contribution in [2.24, 2.45) is 0 Å². The minimum atomic E-state index is -0.383. The first-order chi connectivity index (χ1) is 15.0. The predicted molar refractivity (Wildman–Crippen MR) is 123 cm³/mol. The first-order valence-electron chi connectivity index (χ1n) is 10.6. The van der Waals surface area contributed by atoms with Gasteiger partial charge in [0.2, 0.25) is 0 Å². The minimum Gasteiger partial charge on any atom is -0.465 e. The zero-order chi connectivity index (χ0) is 22.4. The third-order valence-electron chi connectivity index (χ3n) is 5.98. The Kier molecular flexibility index (Phi) is 8.39. The van der Waals surface area contributed by atoms with Gasteiger partial charge in [-0.3, -0.25) is 0 Å². The summed E-state index contributed by atoms with van der Waals surface area (Å²) in [5.74, 6) is 0.172. The van der Waals surface area contributed by atoms with Gasteiger partial charge in [-0.25, -0.2) is 9.59 Å². The molecule has 0 aromatic heterocycles. The molecule has 6 rings (SSSR count). The number of esters is 2. The van der Waals surface area contributed by atoms with E-state index in [1.165, 1.54) is 25.3 Å². The Morgan fingerprint density at radius 3 is 1.48 bits per heavy atom. The van der Waals surface area contributed by atoms with Crippen molar-refractivity contribution >= 4 is 35.1 Å². The normalized spacial score (nSPS) is 14.1. The maximum atomic E-state index is 12.5. The van der Waals surface area contributed by atoms with Gasteiger partial charge >= 0.3 is 11.9 Å². The second-order valence-electron chi connectivity index (χ2n) is 7.87. The molecule has 2 aromatic carbocycles. The lowest BCUT2D eigenvalue weighted by molar-refractivity contribution is 0.0584. The number of aryl methyl sites for hydroxylation is 4. The van der Waals surface area contributed by atoms with Crippen LogP contribution in [0.5, 0.6) is 0 Å². The van der Waals surface area contributed by atoms with E-state index in [9.17, 15) is 9.59 Å². The summed E-state index contributed by atoms with van der Waals surface area (Å²) in [6, 6.07) is 8.00. The lowest BCUT2D eigenvalue weighted by Crippen LogP contribution is -2.13. The standard InChI is InChI=1S/C25H28Cl2O4/c1-30-24(28)22-13-19-9-5-8-17-11-20(14-26)16(10-21(17)15-27)6-3-4-7-18(22)12-23(19)25(29)31-2/h10-13H,3-9,14-15H2,1-2H3. The SMILES string of the molecule is COC(=O)c1cc2c(C(=O)OC)cc1CCCCc1cc(CCl)c(cc1CCl)CCC2. The number of hydrogen-bond donors (Lipinski definition) is 0. The van der Waals surface area contributed by atoms with E-state index >= 15 is 0 Å². The molecule has 4 aliphatic rings. The zero-order valence-corrected chi connectivity index (χ0v) is 19.6. The molecule has 0 fully saturated rings. The van der Waals surface area contributed by atoms with E-state index in [0.717, 1.165) is 54.4 Å². The highest BCUT2D eigenvalue weighted by Gasteiger charge is 2.21. The van der Waals surface area contributed by atoms with Crippen LogP contribution in [0.1, 0.15) is 73.4 Å². The minimum absolute atomic E-state index is 0.377. The number of carbonyl (C=O) groups is 2. The van der Waals surface area contributed by atoms with Crippen molar-refractivity contribution in [2.45, 2.75) is 56.7 Å². The molecule has 166 valence electrons. The molecule has 0 N–H and O–H groups in total.